The van der Waals surface area contributed by atoms with Gasteiger partial charge in [-0.05, 0) is 47.7 Å². The van der Waals surface area contributed by atoms with E-state index in [-0.39, 0.29) is 11.3 Å². The summed E-state index contributed by atoms with van der Waals surface area (Å²) < 4.78 is 0. The summed E-state index contributed by atoms with van der Waals surface area (Å²) >= 11 is 1.58. The van der Waals surface area contributed by atoms with Crippen molar-refractivity contribution in [2.24, 2.45) is 0 Å². The number of fused-ring (bicyclic) bond motifs is 1. The molecule has 0 atom stereocenters. The molecule has 0 aliphatic rings. The summed E-state index contributed by atoms with van der Waals surface area (Å²) in [5.41, 5.74) is 3.60. The van der Waals surface area contributed by atoms with Crippen molar-refractivity contribution >= 4 is 28.3 Å². The van der Waals surface area contributed by atoms with Crippen molar-refractivity contribution in [3.8, 4) is 0 Å². The van der Waals surface area contributed by atoms with Crippen LogP contribution in [0.4, 0.5) is 0 Å². The van der Waals surface area contributed by atoms with Crippen LogP contribution in [0.3, 0.4) is 0 Å². The van der Waals surface area contributed by atoms with E-state index in [2.05, 4.69) is 27.9 Å². The molecule has 4 rings (SSSR count). The molecule has 0 spiro atoms. The Morgan fingerprint density at radius 2 is 1.71 bits per heavy atom. The standard InChI is InChI=1S/C29H31N3O2S/c1-21-14-15-26(25-12-7-6-11-24(21)25)27(33)13-5-3-2-4-8-17-35-29-31-20-23(28(34)32-29)18-22-10-9-16-30-19-22/h6-7,9-12,14-16,19-20H,2-5,8,13,17-18H2,1H3,(H,31,32,34). The Morgan fingerprint density at radius 3 is 2.51 bits per heavy atom. The monoisotopic (exact) mass is 485 g/mol. The van der Waals surface area contributed by atoms with E-state index in [9.17, 15) is 9.59 Å². The molecule has 1 N–H and O–H groups in total. The first-order chi connectivity index (χ1) is 17.1. The Labute approximate surface area is 210 Å². The number of nitrogens with one attached hydrogen (secondary N) is 1. The summed E-state index contributed by atoms with van der Waals surface area (Å²) in [6, 6.07) is 16.0. The zero-order valence-electron chi connectivity index (χ0n) is 20.1. The summed E-state index contributed by atoms with van der Waals surface area (Å²) in [6.45, 7) is 2.08. The van der Waals surface area contributed by atoms with Gasteiger partial charge in [0.25, 0.3) is 5.56 Å². The number of aromatic nitrogens is 3. The van der Waals surface area contributed by atoms with Crippen molar-refractivity contribution < 1.29 is 4.79 Å². The second-order valence-electron chi connectivity index (χ2n) is 8.85. The number of benzene rings is 2. The number of rotatable bonds is 12. The molecule has 2 aromatic carbocycles. The van der Waals surface area contributed by atoms with Gasteiger partial charge < -0.3 is 4.98 Å². The summed E-state index contributed by atoms with van der Waals surface area (Å²) in [5.74, 6) is 1.15. The molecule has 4 aromatic rings. The molecule has 0 amide bonds. The summed E-state index contributed by atoms with van der Waals surface area (Å²) in [5, 5.41) is 2.89. The van der Waals surface area contributed by atoms with Crippen LogP contribution in [0.2, 0.25) is 0 Å². The van der Waals surface area contributed by atoms with Gasteiger partial charge in [-0.15, -0.1) is 0 Å². The molecular weight excluding hydrogens is 454 g/mol. The summed E-state index contributed by atoms with van der Waals surface area (Å²) in [4.78, 5) is 36.5. The minimum Gasteiger partial charge on any atom is -0.301 e. The fraction of sp³-hybridized carbons (Fsp3) is 0.310. The zero-order valence-corrected chi connectivity index (χ0v) is 20.9. The number of aromatic amines is 1. The highest BCUT2D eigenvalue weighted by atomic mass is 32.2. The van der Waals surface area contributed by atoms with Crippen molar-refractivity contribution in [2.45, 2.75) is 57.0 Å². The van der Waals surface area contributed by atoms with Crippen molar-refractivity contribution in [2.75, 3.05) is 5.75 Å². The molecule has 0 unspecified atom stereocenters. The van der Waals surface area contributed by atoms with Crippen molar-refractivity contribution in [1.29, 1.82) is 0 Å². The molecule has 180 valence electrons. The number of hydrogen-bond acceptors (Lipinski definition) is 5. The van der Waals surface area contributed by atoms with Crippen LogP contribution in [0.15, 0.2) is 77.1 Å². The Kier molecular flexibility index (Phi) is 8.85. The molecule has 0 bridgehead atoms. The second-order valence-corrected chi connectivity index (χ2v) is 9.93. The third kappa shape index (κ3) is 6.89. The van der Waals surface area contributed by atoms with Crippen LogP contribution in [-0.2, 0) is 6.42 Å². The van der Waals surface area contributed by atoms with Crippen molar-refractivity contribution in [1.82, 2.24) is 15.0 Å². The number of pyridine rings is 1. The van der Waals surface area contributed by atoms with Crippen LogP contribution < -0.4 is 5.56 Å². The molecule has 0 saturated heterocycles. The molecule has 0 aliphatic carbocycles. The molecule has 0 saturated carbocycles. The molecule has 0 radical (unpaired) electrons. The SMILES string of the molecule is Cc1ccc(C(=O)CCCCCCCSc2ncc(Cc3cccnc3)c(=O)[nH]2)c2ccccc12. The Balaban J connectivity index is 1.13. The number of hydrogen-bond donors (Lipinski definition) is 1. The maximum absolute atomic E-state index is 12.8. The fourth-order valence-corrected chi connectivity index (χ4v) is 5.07. The number of Topliss-reactive ketones (excluding diaryl/α,β-unsaturated/α-hetero) is 1. The van der Waals surface area contributed by atoms with E-state index >= 15 is 0 Å². The van der Waals surface area contributed by atoms with Gasteiger partial charge in [0.2, 0.25) is 0 Å². The molecule has 2 heterocycles. The molecule has 0 fully saturated rings. The first-order valence-electron chi connectivity index (χ1n) is 12.2. The number of aryl methyl sites for hydroxylation is 1. The smallest absolute Gasteiger partial charge is 0.255 e. The topological polar surface area (TPSA) is 75.7 Å². The van der Waals surface area contributed by atoms with Crippen LogP contribution in [0.1, 0.15) is 65.6 Å². The van der Waals surface area contributed by atoms with Gasteiger partial charge in [-0.2, -0.15) is 0 Å². The van der Waals surface area contributed by atoms with Gasteiger partial charge in [0.15, 0.2) is 10.9 Å². The summed E-state index contributed by atoms with van der Waals surface area (Å²) in [7, 11) is 0. The number of unbranched alkanes of at least 4 members (excludes halogenated alkanes) is 4. The van der Waals surface area contributed by atoms with E-state index in [1.54, 1.807) is 30.4 Å². The van der Waals surface area contributed by atoms with E-state index in [4.69, 9.17) is 0 Å². The van der Waals surface area contributed by atoms with Gasteiger partial charge >= 0.3 is 0 Å². The van der Waals surface area contributed by atoms with Gasteiger partial charge in [-0.1, -0.05) is 73.5 Å². The van der Waals surface area contributed by atoms with Gasteiger partial charge in [-0.25, -0.2) is 4.98 Å². The quantitative estimate of drug-likeness (QED) is 0.107. The third-order valence-electron chi connectivity index (χ3n) is 6.20. The number of thioether (sulfide) groups is 1. The maximum Gasteiger partial charge on any atom is 0.255 e. The van der Waals surface area contributed by atoms with Gasteiger partial charge in [0, 0.05) is 48.3 Å². The molecule has 2 aromatic heterocycles. The molecule has 5 nitrogen and oxygen atoms in total. The van der Waals surface area contributed by atoms with Crippen LogP contribution >= 0.6 is 11.8 Å². The molecule has 0 aliphatic heterocycles. The van der Waals surface area contributed by atoms with Gasteiger partial charge in [0.05, 0.1) is 0 Å². The average Bonchev–Trinajstić information content (AvgIpc) is 2.88. The largest absolute Gasteiger partial charge is 0.301 e. The molecular formula is C29H31N3O2S. The first kappa shape index (κ1) is 24.9. The highest BCUT2D eigenvalue weighted by molar-refractivity contribution is 7.99. The lowest BCUT2D eigenvalue weighted by Gasteiger charge is -2.08. The number of ketones is 1. The zero-order chi connectivity index (χ0) is 24.5. The predicted molar refractivity (Wildman–Crippen MR) is 143 cm³/mol. The number of nitrogens with zero attached hydrogens (tertiary/aromatic N) is 2. The highest BCUT2D eigenvalue weighted by Crippen LogP contribution is 2.24. The van der Waals surface area contributed by atoms with Crippen molar-refractivity contribution in [3.05, 3.63) is 99.7 Å². The highest BCUT2D eigenvalue weighted by Gasteiger charge is 2.11. The first-order valence-corrected chi connectivity index (χ1v) is 13.2. The van der Waals surface area contributed by atoms with E-state index < -0.39 is 0 Å². The summed E-state index contributed by atoms with van der Waals surface area (Å²) in [6.07, 6.45) is 11.5. The normalized spacial score (nSPS) is 11.1. The van der Waals surface area contributed by atoms with Crippen LogP contribution in [0.5, 0.6) is 0 Å². The Bertz CT molecular complexity index is 1330. The predicted octanol–water partition coefficient (Wildman–Crippen LogP) is 6.53. The van der Waals surface area contributed by atoms with Crippen LogP contribution in [0.25, 0.3) is 10.8 Å². The minimum absolute atomic E-state index is 0.0858. The van der Waals surface area contributed by atoms with Crippen molar-refractivity contribution in [3.63, 3.8) is 0 Å². The fourth-order valence-electron chi connectivity index (χ4n) is 4.24. The number of H-pyrrole nitrogens is 1. The van der Waals surface area contributed by atoms with E-state index in [1.807, 2.05) is 42.5 Å². The number of carbonyl (C=O) groups excluding carboxylic acids is 1. The van der Waals surface area contributed by atoms with Crippen LogP contribution in [0, 0.1) is 6.92 Å². The molecule has 35 heavy (non-hydrogen) atoms. The average molecular weight is 486 g/mol. The Hall–Kier alpha value is -3.25. The maximum atomic E-state index is 12.8. The lowest BCUT2D eigenvalue weighted by atomic mass is 9.95. The lowest BCUT2D eigenvalue weighted by molar-refractivity contribution is 0.0980. The Morgan fingerprint density at radius 1 is 0.914 bits per heavy atom. The third-order valence-corrected chi connectivity index (χ3v) is 7.17. The van der Waals surface area contributed by atoms with E-state index in [0.29, 0.717) is 23.6 Å². The number of carbonyl (C=O) groups is 1. The van der Waals surface area contributed by atoms with Gasteiger partial charge in [-0.3, -0.25) is 14.6 Å². The molecule has 6 heteroatoms. The van der Waals surface area contributed by atoms with Gasteiger partial charge in [0.1, 0.15) is 0 Å². The van der Waals surface area contributed by atoms with Crippen LogP contribution in [-0.4, -0.2) is 26.5 Å². The minimum atomic E-state index is -0.0858. The lowest BCUT2D eigenvalue weighted by Crippen LogP contribution is -2.14. The van der Waals surface area contributed by atoms with E-state index in [0.717, 1.165) is 59.8 Å². The van der Waals surface area contributed by atoms with E-state index in [1.165, 1.54) is 5.56 Å². The second kappa shape index (κ2) is 12.5.